The van der Waals surface area contributed by atoms with E-state index in [1.807, 2.05) is 23.7 Å². The first kappa shape index (κ1) is 12.7. The predicted octanol–water partition coefficient (Wildman–Crippen LogP) is 2.24. The van der Waals surface area contributed by atoms with Crippen LogP contribution in [-0.2, 0) is 13.0 Å². The highest BCUT2D eigenvalue weighted by Gasteiger charge is 2.11. The van der Waals surface area contributed by atoms with Crippen molar-refractivity contribution >= 4 is 11.5 Å². The lowest BCUT2D eigenvalue weighted by Gasteiger charge is -2.09. The van der Waals surface area contributed by atoms with Crippen LogP contribution in [-0.4, -0.2) is 24.6 Å². The van der Waals surface area contributed by atoms with Crippen molar-refractivity contribution in [2.45, 2.75) is 33.7 Å². The van der Waals surface area contributed by atoms with Crippen molar-refractivity contribution in [1.82, 2.24) is 24.6 Å². The highest BCUT2D eigenvalue weighted by molar-refractivity contribution is 5.56. The van der Waals surface area contributed by atoms with Crippen LogP contribution in [0.15, 0.2) is 18.5 Å². The third kappa shape index (κ3) is 2.13. The minimum atomic E-state index is 0.632. The third-order valence-corrected chi connectivity index (χ3v) is 3.46. The summed E-state index contributed by atoms with van der Waals surface area (Å²) < 4.78 is 1.87. The van der Waals surface area contributed by atoms with Crippen molar-refractivity contribution in [2.75, 3.05) is 5.32 Å². The van der Waals surface area contributed by atoms with Crippen LogP contribution in [0.3, 0.4) is 0 Å². The zero-order valence-corrected chi connectivity index (χ0v) is 11.9. The molecule has 3 rings (SSSR count). The number of aryl methyl sites for hydroxylation is 3. The molecule has 3 heterocycles. The lowest BCUT2D eigenvalue weighted by atomic mass is 10.2. The van der Waals surface area contributed by atoms with Crippen LogP contribution in [0.1, 0.15) is 29.7 Å². The molecule has 0 spiro atoms. The molecule has 0 saturated heterocycles. The molecule has 0 atom stereocenters. The Bertz CT molecular complexity index is 726. The Morgan fingerprint density at radius 3 is 2.90 bits per heavy atom. The highest BCUT2D eigenvalue weighted by atomic mass is 15.3. The molecule has 6 heteroatoms. The van der Waals surface area contributed by atoms with Gasteiger partial charge in [0.1, 0.15) is 11.6 Å². The van der Waals surface area contributed by atoms with Crippen LogP contribution in [0.25, 0.3) is 5.65 Å². The number of nitrogens with one attached hydrogen (secondary N) is 2. The molecule has 0 aliphatic rings. The largest absolute Gasteiger partial charge is 0.363 e. The summed E-state index contributed by atoms with van der Waals surface area (Å²) in [4.78, 5) is 12.0. The van der Waals surface area contributed by atoms with Gasteiger partial charge >= 0.3 is 0 Å². The third-order valence-electron chi connectivity index (χ3n) is 3.46. The molecule has 0 unspecified atom stereocenters. The lowest BCUT2D eigenvalue weighted by Crippen LogP contribution is -2.08. The Kier molecular flexibility index (Phi) is 3.14. The van der Waals surface area contributed by atoms with Crippen molar-refractivity contribution in [2.24, 2.45) is 0 Å². The summed E-state index contributed by atoms with van der Waals surface area (Å²) in [6.45, 7) is 6.80. The average molecular weight is 270 g/mol. The summed E-state index contributed by atoms with van der Waals surface area (Å²) >= 11 is 0. The van der Waals surface area contributed by atoms with Gasteiger partial charge < -0.3 is 10.3 Å². The first-order chi connectivity index (χ1) is 9.69. The summed E-state index contributed by atoms with van der Waals surface area (Å²) in [6, 6.07) is 2.04. The lowest BCUT2D eigenvalue weighted by molar-refractivity contribution is 0.878. The highest BCUT2D eigenvalue weighted by Crippen LogP contribution is 2.19. The SMILES string of the molecule is CCc1cc(NCc2ncc[nH]2)n2nc(C)c(C)c2n1. The minimum Gasteiger partial charge on any atom is -0.363 e. The van der Waals surface area contributed by atoms with Gasteiger partial charge in [0.15, 0.2) is 5.65 Å². The number of rotatable bonds is 4. The fourth-order valence-corrected chi connectivity index (χ4v) is 2.16. The van der Waals surface area contributed by atoms with Crippen LogP contribution in [0, 0.1) is 13.8 Å². The molecule has 3 aromatic rings. The van der Waals surface area contributed by atoms with E-state index >= 15 is 0 Å². The second-order valence-corrected chi connectivity index (χ2v) is 4.82. The molecule has 6 nitrogen and oxygen atoms in total. The smallest absolute Gasteiger partial charge is 0.160 e. The molecule has 3 aromatic heterocycles. The molecular weight excluding hydrogens is 252 g/mol. The van der Waals surface area contributed by atoms with Crippen LogP contribution in [0.4, 0.5) is 5.82 Å². The number of anilines is 1. The predicted molar refractivity (Wildman–Crippen MR) is 77.8 cm³/mol. The molecule has 0 aromatic carbocycles. The summed E-state index contributed by atoms with van der Waals surface area (Å²) in [7, 11) is 0. The van der Waals surface area contributed by atoms with E-state index in [4.69, 9.17) is 0 Å². The molecule has 0 bridgehead atoms. The molecule has 104 valence electrons. The molecule has 0 saturated carbocycles. The summed E-state index contributed by atoms with van der Waals surface area (Å²) in [5, 5.41) is 7.92. The van der Waals surface area contributed by atoms with Gasteiger partial charge in [-0.25, -0.2) is 9.97 Å². The van der Waals surface area contributed by atoms with Gasteiger partial charge in [0, 0.05) is 29.7 Å². The van der Waals surface area contributed by atoms with E-state index in [0.717, 1.165) is 40.7 Å². The Morgan fingerprint density at radius 1 is 1.35 bits per heavy atom. The minimum absolute atomic E-state index is 0.632. The fraction of sp³-hybridized carbons (Fsp3) is 0.357. The molecule has 20 heavy (non-hydrogen) atoms. The first-order valence-electron chi connectivity index (χ1n) is 6.77. The van der Waals surface area contributed by atoms with Crippen molar-refractivity contribution in [1.29, 1.82) is 0 Å². The number of hydrogen-bond donors (Lipinski definition) is 2. The van der Waals surface area contributed by atoms with E-state index in [1.54, 1.807) is 6.20 Å². The summed E-state index contributed by atoms with van der Waals surface area (Å²) in [5.74, 6) is 1.84. The van der Waals surface area contributed by atoms with Crippen molar-refractivity contribution in [3.63, 3.8) is 0 Å². The number of imidazole rings is 1. The van der Waals surface area contributed by atoms with E-state index < -0.39 is 0 Å². The van der Waals surface area contributed by atoms with Gasteiger partial charge in [0.25, 0.3) is 0 Å². The van der Waals surface area contributed by atoms with E-state index in [-0.39, 0.29) is 0 Å². The Labute approximate surface area is 117 Å². The quantitative estimate of drug-likeness (QED) is 0.762. The second kappa shape index (κ2) is 4.96. The maximum Gasteiger partial charge on any atom is 0.160 e. The molecule has 2 N–H and O–H groups in total. The van der Waals surface area contributed by atoms with Crippen molar-refractivity contribution in [3.05, 3.63) is 41.2 Å². The number of aromatic nitrogens is 5. The monoisotopic (exact) mass is 270 g/mol. The van der Waals surface area contributed by atoms with E-state index in [0.29, 0.717) is 6.54 Å². The zero-order chi connectivity index (χ0) is 14.1. The van der Waals surface area contributed by atoms with Crippen LogP contribution < -0.4 is 5.32 Å². The maximum atomic E-state index is 4.66. The van der Waals surface area contributed by atoms with Gasteiger partial charge in [0.05, 0.1) is 12.2 Å². The fourth-order valence-electron chi connectivity index (χ4n) is 2.16. The Hall–Kier alpha value is -2.37. The number of hydrogen-bond acceptors (Lipinski definition) is 4. The number of fused-ring (bicyclic) bond motifs is 1. The van der Waals surface area contributed by atoms with E-state index in [9.17, 15) is 0 Å². The normalized spacial score (nSPS) is 11.2. The van der Waals surface area contributed by atoms with Gasteiger partial charge in [-0.2, -0.15) is 9.61 Å². The second-order valence-electron chi connectivity index (χ2n) is 4.82. The van der Waals surface area contributed by atoms with Gasteiger partial charge in [-0.05, 0) is 20.3 Å². The summed E-state index contributed by atoms with van der Waals surface area (Å²) in [5.41, 5.74) is 4.11. The first-order valence-corrected chi connectivity index (χ1v) is 6.77. The van der Waals surface area contributed by atoms with Gasteiger partial charge in [-0.3, -0.25) is 0 Å². The van der Waals surface area contributed by atoms with Gasteiger partial charge in [0.2, 0.25) is 0 Å². The topological polar surface area (TPSA) is 70.9 Å². The zero-order valence-electron chi connectivity index (χ0n) is 11.9. The maximum absolute atomic E-state index is 4.66. The summed E-state index contributed by atoms with van der Waals surface area (Å²) in [6.07, 6.45) is 4.47. The molecular formula is C14H18N6. The standard InChI is InChI=1S/C14H18N6/c1-4-11-7-13(17-8-12-15-5-6-16-12)20-14(18-11)9(2)10(3)19-20/h5-7,17H,4,8H2,1-3H3,(H,15,16). The number of aromatic amines is 1. The Balaban J connectivity index is 2.01. The molecule has 0 aliphatic heterocycles. The molecule has 0 aliphatic carbocycles. The van der Waals surface area contributed by atoms with Crippen molar-refractivity contribution in [3.8, 4) is 0 Å². The number of nitrogens with zero attached hydrogens (tertiary/aromatic N) is 4. The molecule has 0 amide bonds. The van der Waals surface area contributed by atoms with Gasteiger partial charge in [-0.15, -0.1) is 0 Å². The van der Waals surface area contributed by atoms with Gasteiger partial charge in [-0.1, -0.05) is 6.92 Å². The molecule has 0 fully saturated rings. The van der Waals surface area contributed by atoms with E-state index in [1.165, 1.54) is 0 Å². The van der Waals surface area contributed by atoms with Crippen molar-refractivity contribution < 1.29 is 0 Å². The molecule has 0 radical (unpaired) electrons. The van der Waals surface area contributed by atoms with Crippen LogP contribution in [0.5, 0.6) is 0 Å². The average Bonchev–Trinajstić information content (AvgIpc) is 3.06. The van der Waals surface area contributed by atoms with Crippen LogP contribution in [0.2, 0.25) is 0 Å². The number of H-pyrrole nitrogens is 1. The Morgan fingerprint density at radius 2 is 2.20 bits per heavy atom. The van der Waals surface area contributed by atoms with E-state index in [2.05, 4.69) is 39.2 Å². The van der Waals surface area contributed by atoms with Crippen LogP contribution >= 0.6 is 0 Å².